The first-order valence-electron chi connectivity index (χ1n) is 11.0. The molecule has 0 aliphatic rings. The highest BCUT2D eigenvalue weighted by Gasteiger charge is 2.22. The molecule has 2 aromatic heterocycles. The number of nitrogens with one attached hydrogen (secondary N) is 1. The molecule has 0 spiro atoms. The van der Waals surface area contributed by atoms with Crippen LogP contribution >= 0.6 is 11.3 Å². The molecule has 0 aliphatic carbocycles. The number of nitrogens with zero attached hydrogens (tertiary/aromatic N) is 3. The highest BCUT2D eigenvalue weighted by atomic mass is 32.1. The SMILES string of the molecule is COC(=O)c1cc(OC)ccc1Nc1c(-c2ccc3scnc3c2)c(C)nn1-c1ccccc1C. The average molecular weight is 485 g/mol. The second kappa shape index (κ2) is 9.23. The van der Waals surface area contributed by atoms with E-state index >= 15 is 0 Å². The maximum atomic E-state index is 12.6. The zero-order chi connectivity index (χ0) is 24.5. The summed E-state index contributed by atoms with van der Waals surface area (Å²) in [6, 6.07) is 19.5. The second-order valence-electron chi connectivity index (χ2n) is 8.07. The van der Waals surface area contributed by atoms with Gasteiger partial charge >= 0.3 is 5.97 Å². The first kappa shape index (κ1) is 22.6. The van der Waals surface area contributed by atoms with Gasteiger partial charge < -0.3 is 14.8 Å². The van der Waals surface area contributed by atoms with Crippen LogP contribution in [0.4, 0.5) is 11.5 Å². The fourth-order valence-electron chi connectivity index (χ4n) is 4.14. The first-order valence-corrected chi connectivity index (χ1v) is 11.9. The Kier molecular flexibility index (Phi) is 5.96. The van der Waals surface area contributed by atoms with Gasteiger partial charge in [-0.1, -0.05) is 24.3 Å². The minimum atomic E-state index is -0.462. The maximum Gasteiger partial charge on any atom is 0.340 e. The van der Waals surface area contributed by atoms with E-state index in [2.05, 4.69) is 28.5 Å². The maximum absolute atomic E-state index is 12.6. The van der Waals surface area contributed by atoms with Crippen molar-refractivity contribution < 1.29 is 14.3 Å². The third-order valence-electron chi connectivity index (χ3n) is 5.91. The highest BCUT2D eigenvalue weighted by Crippen LogP contribution is 2.38. The average Bonchev–Trinajstić information content (AvgIpc) is 3.47. The molecule has 176 valence electrons. The molecule has 0 amide bonds. The van der Waals surface area contributed by atoms with Crippen molar-refractivity contribution in [3.05, 3.63) is 83.0 Å². The van der Waals surface area contributed by atoms with Crippen LogP contribution in [0.2, 0.25) is 0 Å². The summed E-state index contributed by atoms with van der Waals surface area (Å²) >= 11 is 1.61. The molecule has 0 fully saturated rings. The van der Waals surface area contributed by atoms with Crippen LogP contribution < -0.4 is 10.1 Å². The summed E-state index contributed by atoms with van der Waals surface area (Å²) in [5, 5.41) is 8.40. The summed E-state index contributed by atoms with van der Waals surface area (Å²) in [5.74, 6) is 0.839. The first-order chi connectivity index (χ1) is 17.0. The molecular weight excluding hydrogens is 460 g/mol. The van der Waals surface area contributed by atoms with Crippen LogP contribution in [0, 0.1) is 13.8 Å². The normalized spacial score (nSPS) is 11.0. The Morgan fingerprint density at radius 1 is 1.03 bits per heavy atom. The van der Waals surface area contributed by atoms with E-state index in [1.165, 1.54) is 7.11 Å². The summed E-state index contributed by atoms with van der Waals surface area (Å²) in [7, 11) is 2.93. The van der Waals surface area contributed by atoms with Gasteiger partial charge in [0.25, 0.3) is 0 Å². The van der Waals surface area contributed by atoms with Crippen molar-refractivity contribution in [1.82, 2.24) is 14.8 Å². The number of fused-ring (bicyclic) bond motifs is 1. The molecule has 1 N–H and O–H groups in total. The van der Waals surface area contributed by atoms with E-state index in [1.54, 1.807) is 30.6 Å². The van der Waals surface area contributed by atoms with Crippen molar-refractivity contribution in [3.63, 3.8) is 0 Å². The lowest BCUT2D eigenvalue weighted by Crippen LogP contribution is -2.09. The molecule has 0 unspecified atom stereocenters. The van der Waals surface area contributed by atoms with Gasteiger partial charge in [-0.3, -0.25) is 0 Å². The number of aromatic nitrogens is 3. The lowest BCUT2D eigenvalue weighted by molar-refractivity contribution is 0.0601. The number of carbonyl (C=O) groups is 1. The van der Waals surface area contributed by atoms with Crippen LogP contribution in [-0.2, 0) is 4.74 Å². The van der Waals surface area contributed by atoms with E-state index in [4.69, 9.17) is 14.6 Å². The van der Waals surface area contributed by atoms with Gasteiger partial charge in [-0.25, -0.2) is 14.5 Å². The van der Waals surface area contributed by atoms with E-state index in [1.807, 2.05) is 54.4 Å². The molecule has 2 heterocycles. The van der Waals surface area contributed by atoms with Gasteiger partial charge in [-0.2, -0.15) is 5.10 Å². The number of esters is 1. The predicted octanol–water partition coefficient (Wildman–Crippen LogP) is 6.30. The fourth-order valence-corrected chi connectivity index (χ4v) is 4.80. The number of ether oxygens (including phenoxy) is 2. The van der Waals surface area contributed by atoms with E-state index in [0.717, 1.165) is 44.1 Å². The van der Waals surface area contributed by atoms with Crippen molar-refractivity contribution >= 4 is 39.0 Å². The predicted molar refractivity (Wildman–Crippen MR) is 139 cm³/mol. The van der Waals surface area contributed by atoms with Crippen LogP contribution in [-0.4, -0.2) is 35.0 Å². The molecule has 5 aromatic rings. The molecule has 0 aliphatic heterocycles. The molecule has 0 radical (unpaired) electrons. The summed E-state index contributed by atoms with van der Waals surface area (Å²) < 4.78 is 13.4. The molecule has 8 heteroatoms. The number of anilines is 2. The summed E-state index contributed by atoms with van der Waals surface area (Å²) in [4.78, 5) is 17.1. The summed E-state index contributed by atoms with van der Waals surface area (Å²) in [6.45, 7) is 4.03. The van der Waals surface area contributed by atoms with Gasteiger partial charge in [0.1, 0.15) is 11.6 Å². The minimum absolute atomic E-state index is 0.364. The molecule has 0 saturated carbocycles. The Bertz CT molecular complexity index is 1550. The lowest BCUT2D eigenvalue weighted by Gasteiger charge is -2.16. The number of hydrogen-bond acceptors (Lipinski definition) is 7. The largest absolute Gasteiger partial charge is 0.497 e. The van der Waals surface area contributed by atoms with Crippen molar-refractivity contribution in [2.45, 2.75) is 13.8 Å². The van der Waals surface area contributed by atoms with Crippen molar-refractivity contribution in [3.8, 4) is 22.6 Å². The molecular formula is C27H24N4O3S. The third-order valence-corrected chi connectivity index (χ3v) is 6.72. The second-order valence-corrected chi connectivity index (χ2v) is 8.96. The number of para-hydroxylation sites is 1. The minimum Gasteiger partial charge on any atom is -0.497 e. The molecule has 0 saturated heterocycles. The van der Waals surface area contributed by atoms with Crippen LogP contribution in [0.25, 0.3) is 27.0 Å². The summed E-state index contributed by atoms with van der Waals surface area (Å²) in [6.07, 6.45) is 0. The van der Waals surface area contributed by atoms with E-state index in [9.17, 15) is 4.79 Å². The van der Waals surface area contributed by atoms with E-state index < -0.39 is 5.97 Å². The third kappa shape index (κ3) is 4.13. The monoisotopic (exact) mass is 484 g/mol. The molecule has 3 aromatic carbocycles. The van der Waals surface area contributed by atoms with E-state index in [0.29, 0.717) is 17.0 Å². The van der Waals surface area contributed by atoms with Crippen molar-refractivity contribution in [2.24, 2.45) is 0 Å². The molecule has 5 rings (SSSR count). The summed E-state index contributed by atoms with van der Waals surface area (Å²) in [5.41, 5.74) is 8.49. The topological polar surface area (TPSA) is 78.3 Å². The van der Waals surface area contributed by atoms with Gasteiger partial charge in [-0.15, -0.1) is 11.3 Å². The molecule has 0 bridgehead atoms. The van der Waals surface area contributed by atoms with Crippen molar-refractivity contribution in [2.75, 3.05) is 19.5 Å². The van der Waals surface area contributed by atoms with Crippen molar-refractivity contribution in [1.29, 1.82) is 0 Å². The number of aryl methyl sites for hydroxylation is 2. The number of methoxy groups -OCH3 is 2. The lowest BCUT2D eigenvalue weighted by atomic mass is 10.0. The number of benzene rings is 3. The standard InChI is InChI=1S/C27H24N4O3S/c1-16-7-5-6-8-23(16)31-26(29-21-11-10-19(33-3)14-20(21)27(32)34-4)25(17(2)30-31)18-9-12-24-22(13-18)28-15-35-24/h5-15,29H,1-4H3. The molecule has 35 heavy (non-hydrogen) atoms. The fraction of sp³-hybridized carbons (Fsp3) is 0.148. The Labute approximate surface area is 207 Å². The van der Waals surface area contributed by atoms with Gasteiger partial charge in [0.05, 0.1) is 52.6 Å². The van der Waals surface area contributed by atoms with Gasteiger partial charge in [0, 0.05) is 5.56 Å². The van der Waals surface area contributed by atoms with Crippen LogP contribution in [0.15, 0.2) is 66.2 Å². The number of rotatable bonds is 6. The smallest absolute Gasteiger partial charge is 0.340 e. The van der Waals surface area contributed by atoms with Crippen LogP contribution in [0.5, 0.6) is 5.75 Å². The molecule has 7 nitrogen and oxygen atoms in total. The van der Waals surface area contributed by atoms with Gasteiger partial charge in [0.2, 0.25) is 0 Å². The molecule has 0 atom stereocenters. The van der Waals surface area contributed by atoms with E-state index in [-0.39, 0.29) is 0 Å². The Morgan fingerprint density at radius 2 is 1.86 bits per heavy atom. The van der Waals surface area contributed by atoms with Gasteiger partial charge in [0.15, 0.2) is 0 Å². The zero-order valence-electron chi connectivity index (χ0n) is 19.8. The van der Waals surface area contributed by atoms with Crippen LogP contribution in [0.3, 0.4) is 0 Å². The number of carbonyl (C=O) groups excluding carboxylic acids is 1. The highest BCUT2D eigenvalue weighted by molar-refractivity contribution is 7.16. The zero-order valence-corrected chi connectivity index (χ0v) is 20.6. The van der Waals surface area contributed by atoms with Gasteiger partial charge in [-0.05, 0) is 61.4 Å². The number of hydrogen-bond donors (Lipinski definition) is 1. The Morgan fingerprint density at radius 3 is 2.63 bits per heavy atom. The Hall–Kier alpha value is -4.17. The van der Waals surface area contributed by atoms with Crippen LogP contribution in [0.1, 0.15) is 21.6 Å². The quantitative estimate of drug-likeness (QED) is 0.285. The number of thiazole rings is 1. The Balaban J connectivity index is 1.74.